The number of fused-ring (bicyclic) bond motifs is 1. The number of hydrogen-bond acceptors (Lipinski definition) is 7. The number of benzene rings is 3. The van der Waals surface area contributed by atoms with E-state index in [0.29, 0.717) is 47.9 Å². The SMILES string of the molecule is CCOc1ccc(C(=O)N2CCc3cc(OC)c(OC)cc3[C@@H]2COc2ccc(C(=O)OC)cc2)cc1. The van der Waals surface area contributed by atoms with Crippen LogP contribution >= 0.6 is 0 Å². The van der Waals surface area contributed by atoms with Gasteiger partial charge in [0.25, 0.3) is 5.91 Å². The first-order valence-electron chi connectivity index (χ1n) is 12.1. The van der Waals surface area contributed by atoms with Crippen molar-refractivity contribution in [3.05, 3.63) is 82.9 Å². The molecule has 0 fully saturated rings. The fourth-order valence-electron chi connectivity index (χ4n) is 4.46. The zero-order valence-electron chi connectivity index (χ0n) is 21.5. The third-order valence-corrected chi connectivity index (χ3v) is 6.36. The van der Waals surface area contributed by atoms with Gasteiger partial charge in [0.05, 0.1) is 39.5 Å². The maximum Gasteiger partial charge on any atom is 0.337 e. The van der Waals surface area contributed by atoms with Crippen molar-refractivity contribution >= 4 is 11.9 Å². The average Bonchev–Trinajstić information content (AvgIpc) is 2.95. The Labute approximate surface area is 216 Å². The van der Waals surface area contributed by atoms with E-state index in [1.54, 1.807) is 62.8 Å². The molecule has 0 radical (unpaired) electrons. The topological polar surface area (TPSA) is 83.5 Å². The third kappa shape index (κ3) is 5.63. The lowest BCUT2D eigenvalue weighted by atomic mass is 9.91. The van der Waals surface area contributed by atoms with Crippen molar-refractivity contribution in [2.24, 2.45) is 0 Å². The summed E-state index contributed by atoms with van der Waals surface area (Å²) in [4.78, 5) is 27.2. The van der Waals surface area contributed by atoms with Gasteiger partial charge < -0.3 is 28.6 Å². The Hall–Kier alpha value is -4.20. The van der Waals surface area contributed by atoms with Crippen LogP contribution in [0.5, 0.6) is 23.0 Å². The largest absolute Gasteiger partial charge is 0.494 e. The van der Waals surface area contributed by atoms with Gasteiger partial charge in [0.15, 0.2) is 11.5 Å². The molecule has 3 aromatic rings. The predicted octanol–water partition coefficient (Wildman–Crippen LogP) is 4.71. The highest BCUT2D eigenvalue weighted by Crippen LogP contribution is 2.39. The molecule has 1 atom stereocenters. The van der Waals surface area contributed by atoms with E-state index in [0.717, 1.165) is 16.9 Å². The van der Waals surface area contributed by atoms with Gasteiger partial charge in [-0.15, -0.1) is 0 Å². The number of amides is 1. The van der Waals surface area contributed by atoms with Gasteiger partial charge in [0.2, 0.25) is 0 Å². The van der Waals surface area contributed by atoms with Gasteiger partial charge in [-0.1, -0.05) is 0 Å². The molecule has 8 heteroatoms. The summed E-state index contributed by atoms with van der Waals surface area (Å²) in [5, 5.41) is 0. The number of esters is 1. The normalized spacial score (nSPS) is 14.4. The quantitative estimate of drug-likeness (QED) is 0.390. The van der Waals surface area contributed by atoms with Gasteiger partial charge in [-0.25, -0.2) is 4.79 Å². The third-order valence-electron chi connectivity index (χ3n) is 6.36. The zero-order chi connectivity index (χ0) is 26.4. The van der Waals surface area contributed by atoms with E-state index in [-0.39, 0.29) is 18.6 Å². The summed E-state index contributed by atoms with van der Waals surface area (Å²) in [5.41, 5.74) is 3.01. The van der Waals surface area contributed by atoms with E-state index < -0.39 is 5.97 Å². The van der Waals surface area contributed by atoms with Crippen molar-refractivity contribution in [2.75, 3.05) is 41.1 Å². The average molecular weight is 506 g/mol. The first-order chi connectivity index (χ1) is 18.0. The molecule has 0 saturated heterocycles. The minimum atomic E-state index is -0.416. The summed E-state index contributed by atoms with van der Waals surface area (Å²) in [5.74, 6) is 2.01. The van der Waals surface area contributed by atoms with Crippen molar-refractivity contribution in [1.82, 2.24) is 4.90 Å². The number of methoxy groups -OCH3 is 3. The molecule has 1 aliphatic heterocycles. The highest BCUT2D eigenvalue weighted by atomic mass is 16.5. The fraction of sp³-hybridized carbons (Fsp3) is 0.310. The molecule has 37 heavy (non-hydrogen) atoms. The second-order valence-corrected chi connectivity index (χ2v) is 8.45. The van der Waals surface area contributed by atoms with Crippen LogP contribution in [0.2, 0.25) is 0 Å². The van der Waals surface area contributed by atoms with E-state index in [4.69, 9.17) is 23.7 Å². The fourth-order valence-corrected chi connectivity index (χ4v) is 4.46. The monoisotopic (exact) mass is 505 g/mol. The molecule has 0 aliphatic carbocycles. The number of hydrogen-bond donors (Lipinski definition) is 0. The van der Waals surface area contributed by atoms with Crippen molar-refractivity contribution in [3.63, 3.8) is 0 Å². The van der Waals surface area contributed by atoms with E-state index in [1.807, 2.05) is 24.0 Å². The van der Waals surface area contributed by atoms with E-state index in [2.05, 4.69) is 0 Å². The van der Waals surface area contributed by atoms with Crippen LogP contribution in [-0.2, 0) is 11.2 Å². The maximum absolute atomic E-state index is 13.7. The lowest BCUT2D eigenvalue weighted by molar-refractivity contribution is 0.0582. The summed E-state index contributed by atoms with van der Waals surface area (Å²) in [6.45, 7) is 3.20. The van der Waals surface area contributed by atoms with Crippen LogP contribution in [0.15, 0.2) is 60.7 Å². The molecule has 4 rings (SSSR count). The molecule has 0 unspecified atom stereocenters. The van der Waals surface area contributed by atoms with Gasteiger partial charge in [-0.3, -0.25) is 4.79 Å². The first-order valence-corrected chi connectivity index (χ1v) is 12.1. The molecule has 1 amide bonds. The Morgan fingerprint density at radius 2 is 1.43 bits per heavy atom. The Kier molecular flexibility index (Phi) is 8.18. The van der Waals surface area contributed by atoms with Crippen LogP contribution in [0.3, 0.4) is 0 Å². The highest BCUT2D eigenvalue weighted by Gasteiger charge is 2.33. The van der Waals surface area contributed by atoms with E-state index >= 15 is 0 Å². The highest BCUT2D eigenvalue weighted by molar-refractivity contribution is 5.95. The number of nitrogens with zero attached hydrogens (tertiary/aromatic N) is 1. The summed E-state index contributed by atoms with van der Waals surface area (Å²) >= 11 is 0. The molecular weight excluding hydrogens is 474 g/mol. The van der Waals surface area contributed by atoms with Gasteiger partial charge >= 0.3 is 5.97 Å². The maximum atomic E-state index is 13.7. The van der Waals surface area contributed by atoms with Crippen molar-refractivity contribution in [2.45, 2.75) is 19.4 Å². The lowest BCUT2D eigenvalue weighted by Gasteiger charge is -2.37. The molecule has 3 aromatic carbocycles. The minimum Gasteiger partial charge on any atom is -0.494 e. The van der Waals surface area contributed by atoms with Crippen LogP contribution in [0.1, 0.15) is 44.8 Å². The molecule has 0 spiro atoms. The Morgan fingerprint density at radius 1 is 0.838 bits per heavy atom. The lowest BCUT2D eigenvalue weighted by Crippen LogP contribution is -2.42. The van der Waals surface area contributed by atoms with Crippen molar-refractivity contribution < 1.29 is 33.3 Å². The minimum absolute atomic E-state index is 0.0990. The Morgan fingerprint density at radius 3 is 2.03 bits per heavy atom. The first kappa shape index (κ1) is 25.9. The summed E-state index contributed by atoms with van der Waals surface area (Å²) in [6.07, 6.45) is 0.669. The number of carbonyl (C=O) groups is 2. The van der Waals surface area contributed by atoms with Gasteiger partial charge in [0.1, 0.15) is 18.1 Å². The standard InChI is InChI=1S/C29H31NO7/c1-5-36-22-10-6-19(7-11-22)28(31)30-15-14-21-16-26(33-2)27(34-3)17-24(21)25(30)18-37-23-12-8-20(9-13-23)29(32)35-4/h6-13,16-17,25H,5,14-15,18H2,1-4H3/t25-/m0/s1. The molecule has 0 N–H and O–H groups in total. The molecule has 8 nitrogen and oxygen atoms in total. The zero-order valence-corrected chi connectivity index (χ0v) is 21.5. The Bertz CT molecular complexity index is 1240. The number of rotatable bonds is 9. The smallest absolute Gasteiger partial charge is 0.337 e. The summed E-state index contributed by atoms with van der Waals surface area (Å²) < 4.78 is 27.5. The molecule has 1 heterocycles. The van der Waals surface area contributed by atoms with Crippen LogP contribution in [0, 0.1) is 0 Å². The molecule has 1 aliphatic rings. The number of carbonyl (C=O) groups excluding carboxylic acids is 2. The van der Waals surface area contributed by atoms with Crippen LogP contribution in [0.25, 0.3) is 0 Å². The van der Waals surface area contributed by atoms with Crippen LogP contribution in [0.4, 0.5) is 0 Å². The summed E-state index contributed by atoms with van der Waals surface area (Å²) in [7, 11) is 4.53. The van der Waals surface area contributed by atoms with E-state index in [1.165, 1.54) is 7.11 Å². The Balaban J connectivity index is 1.64. The molecular formula is C29H31NO7. The van der Waals surface area contributed by atoms with Crippen molar-refractivity contribution in [3.8, 4) is 23.0 Å². The van der Waals surface area contributed by atoms with Gasteiger partial charge in [0, 0.05) is 12.1 Å². The predicted molar refractivity (Wildman–Crippen MR) is 138 cm³/mol. The van der Waals surface area contributed by atoms with Crippen LogP contribution < -0.4 is 18.9 Å². The second kappa shape index (κ2) is 11.7. The van der Waals surface area contributed by atoms with E-state index in [9.17, 15) is 9.59 Å². The number of ether oxygens (including phenoxy) is 5. The second-order valence-electron chi connectivity index (χ2n) is 8.45. The molecule has 0 saturated carbocycles. The molecule has 194 valence electrons. The van der Waals surface area contributed by atoms with Gasteiger partial charge in [-0.2, -0.15) is 0 Å². The van der Waals surface area contributed by atoms with Crippen molar-refractivity contribution in [1.29, 1.82) is 0 Å². The molecule has 0 aromatic heterocycles. The summed E-state index contributed by atoms with van der Waals surface area (Å²) in [6, 6.07) is 17.4. The molecule has 0 bridgehead atoms. The van der Waals surface area contributed by atoms with Gasteiger partial charge in [-0.05, 0) is 85.1 Å². The van der Waals surface area contributed by atoms with Crippen LogP contribution in [-0.4, -0.2) is 57.9 Å².